The van der Waals surface area contributed by atoms with Crippen molar-refractivity contribution in [3.05, 3.63) is 18.3 Å². The van der Waals surface area contributed by atoms with Crippen molar-refractivity contribution in [1.29, 1.82) is 0 Å². The smallest absolute Gasteiger partial charge is 0.262 e. The van der Waals surface area contributed by atoms with Gasteiger partial charge in [0.05, 0.1) is 11.3 Å². The molecule has 2 rings (SSSR count). The van der Waals surface area contributed by atoms with E-state index < -0.39 is 15.6 Å². The van der Waals surface area contributed by atoms with Gasteiger partial charge in [0.15, 0.2) is 5.03 Å². The number of likely N-dealkylation sites (N-methyl/N-ethyl adjacent to an activating group) is 1. The number of rotatable bonds is 5. The van der Waals surface area contributed by atoms with Gasteiger partial charge in [-0.1, -0.05) is 12.8 Å². The molecule has 0 unspecified atom stereocenters. The standard InChI is InChI=1S/C13H21N3O3S/c1-14-11-6-5-9-15-12(11)20(18,19)16(2)10-13(17)7-3-4-8-13/h5-6,9,14,17H,3-4,7-8,10H2,1-2H3. The van der Waals surface area contributed by atoms with Crippen molar-refractivity contribution in [2.45, 2.75) is 36.3 Å². The lowest BCUT2D eigenvalue weighted by molar-refractivity contribution is 0.0333. The molecule has 0 radical (unpaired) electrons. The molecule has 112 valence electrons. The first-order valence-electron chi connectivity index (χ1n) is 6.70. The first kappa shape index (κ1) is 15.2. The number of hydrogen-bond donors (Lipinski definition) is 2. The molecular formula is C13H21N3O3S. The molecule has 1 saturated carbocycles. The first-order valence-corrected chi connectivity index (χ1v) is 8.14. The summed E-state index contributed by atoms with van der Waals surface area (Å²) in [4.78, 5) is 3.97. The van der Waals surface area contributed by atoms with Gasteiger partial charge in [-0.25, -0.2) is 13.4 Å². The predicted octanol–water partition coefficient (Wildman–Crippen LogP) is 1.05. The highest BCUT2D eigenvalue weighted by Crippen LogP contribution is 2.31. The van der Waals surface area contributed by atoms with Gasteiger partial charge in [-0.15, -0.1) is 0 Å². The predicted molar refractivity (Wildman–Crippen MR) is 77.0 cm³/mol. The van der Waals surface area contributed by atoms with E-state index in [1.165, 1.54) is 17.5 Å². The van der Waals surface area contributed by atoms with Crippen LogP contribution in [0, 0.1) is 0 Å². The molecule has 2 N–H and O–H groups in total. The Labute approximate surface area is 119 Å². The lowest BCUT2D eigenvalue weighted by Gasteiger charge is -2.28. The Kier molecular flexibility index (Phi) is 4.31. The molecule has 0 saturated heterocycles. The highest BCUT2D eigenvalue weighted by Gasteiger charge is 2.36. The summed E-state index contributed by atoms with van der Waals surface area (Å²) in [7, 11) is -0.568. The van der Waals surface area contributed by atoms with E-state index in [0.29, 0.717) is 18.5 Å². The molecule has 0 bridgehead atoms. The Morgan fingerprint density at radius 2 is 2.10 bits per heavy atom. The third-order valence-electron chi connectivity index (χ3n) is 3.75. The summed E-state index contributed by atoms with van der Waals surface area (Å²) in [5, 5.41) is 13.2. The molecular weight excluding hydrogens is 278 g/mol. The summed E-state index contributed by atoms with van der Waals surface area (Å²) in [6.07, 6.45) is 4.62. The molecule has 20 heavy (non-hydrogen) atoms. The molecule has 1 aliphatic rings. The monoisotopic (exact) mass is 299 g/mol. The first-order chi connectivity index (χ1) is 9.39. The maximum atomic E-state index is 12.6. The zero-order valence-electron chi connectivity index (χ0n) is 11.8. The highest BCUT2D eigenvalue weighted by molar-refractivity contribution is 7.89. The lowest BCUT2D eigenvalue weighted by Crippen LogP contribution is -2.42. The molecule has 0 aromatic carbocycles. The number of aliphatic hydroxyl groups is 1. The van der Waals surface area contributed by atoms with Crippen LogP contribution in [0.3, 0.4) is 0 Å². The van der Waals surface area contributed by atoms with Crippen LogP contribution in [-0.4, -0.2) is 49.1 Å². The Morgan fingerprint density at radius 3 is 2.70 bits per heavy atom. The van der Waals surface area contributed by atoms with Gasteiger partial charge in [0.2, 0.25) is 0 Å². The van der Waals surface area contributed by atoms with Crippen LogP contribution >= 0.6 is 0 Å². The largest absolute Gasteiger partial charge is 0.389 e. The number of hydrogen-bond acceptors (Lipinski definition) is 5. The third kappa shape index (κ3) is 2.94. The number of nitrogens with zero attached hydrogens (tertiary/aromatic N) is 2. The van der Waals surface area contributed by atoms with Crippen LogP contribution in [0.4, 0.5) is 5.69 Å². The highest BCUT2D eigenvalue weighted by atomic mass is 32.2. The van der Waals surface area contributed by atoms with Gasteiger partial charge in [-0.05, 0) is 25.0 Å². The second-order valence-electron chi connectivity index (χ2n) is 5.30. The topological polar surface area (TPSA) is 82.5 Å². The molecule has 1 aromatic rings. The Bertz CT molecular complexity index is 568. The normalized spacial score (nSPS) is 18.4. The van der Waals surface area contributed by atoms with Crippen LogP contribution in [-0.2, 0) is 10.0 Å². The summed E-state index contributed by atoms with van der Waals surface area (Å²) in [6.45, 7) is 0.106. The van der Waals surface area contributed by atoms with E-state index in [2.05, 4.69) is 10.3 Å². The van der Waals surface area contributed by atoms with Crippen LogP contribution in [0.1, 0.15) is 25.7 Å². The molecule has 0 atom stereocenters. The molecule has 1 aliphatic carbocycles. The van der Waals surface area contributed by atoms with Crippen molar-refractivity contribution in [2.75, 3.05) is 26.0 Å². The summed E-state index contributed by atoms with van der Waals surface area (Å²) < 4.78 is 26.3. The van der Waals surface area contributed by atoms with Gasteiger partial charge in [-0.2, -0.15) is 4.31 Å². The van der Waals surface area contributed by atoms with Crippen molar-refractivity contribution in [3.63, 3.8) is 0 Å². The van der Waals surface area contributed by atoms with Gasteiger partial charge >= 0.3 is 0 Å². The van der Waals surface area contributed by atoms with E-state index in [-0.39, 0.29) is 11.6 Å². The number of aromatic nitrogens is 1. The number of nitrogens with one attached hydrogen (secondary N) is 1. The summed E-state index contributed by atoms with van der Waals surface area (Å²) >= 11 is 0. The van der Waals surface area contributed by atoms with Crippen LogP contribution in [0.2, 0.25) is 0 Å². The number of sulfonamides is 1. The fourth-order valence-electron chi connectivity index (χ4n) is 2.62. The number of pyridine rings is 1. The van der Waals surface area contributed by atoms with E-state index in [4.69, 9.17) is 0 Å². The molecule has 6 nitrogen and oxygen atoms in total. The SMILES string of the molecule is CNc1cccnc1S(=O)(=O)N(C)CC1(O)CCCC1. The Balaban J connectivity index is 2.25. The average molecular weight is 299 g/mol. The van der Waals surface area contributed by atoms with Gasteiger partial charge in [0.1, 0.15) is 0 Å². The minimum Gasteiger partial charge on any atom is -0.389 e. The van der Waals surface area contributed by atoms with Crippen LogP contribution in [0.25, 0.3) is 0 Å². The van der Waals surface area contributed by atoms with E-state index in [0.717, 1.165) is 12.8 Å². The third-order valence-corrected chi connectivity index (χ3v) is 5.51. The molecule has 0 amide bonds. The lowest BCUT2D eigenvalue weighted by atomic mass is 10.0. The van der Waals surface area contributed by atoms with Gasteiger partial charge < -0.3 is 10.4 Å². The van der Waals surface area contributed by atoms with Gasteiger partial charge in [-0.3, -0.25) is 0 Å². The van der Waals surface area contributed by atoms with E-state index in [1.54, 1.807) is 19.2 Å². The van der Waals surface area contributed by atoms with Crippen molar-refractivity contribution in [1.82, 2.24) is 9.29 Å². The molecule has 0 aliphatic heterocycles. The maximum Gasteiger partial charge on any atom is 0.262 e. The molecule has 0 spiro atoms. The molecule has 7 heteroatoms. The zero-order chi connectivity index (χ0) is 14.8. The second-order valence-corrected chi connectivity index (χ2v) is 7.26. The van der Waals surface area contributed by atoms with Gasteiger partial charge in [0, 0.05) is 26.8 Å². The van der Waals surface area contributed by atoms with Crippen LogP contribution in [0.15, 0.2) is 23.4 Å². The second kappa shape index (κ2) is 5.67. The Morgan fingerprint density at radius 1 is 1.45 bits per heavy atom. The maximum absolute atomic E-state index is 12.6. The summed E-state index contributed by atoms with van der Waals surface area (Å²) in [5.74, 6) is 0. The quantitative estimate of drug-likeness (QED) is 0.849. The van der Waals surface area contributed by atoms with E-state index >= 15 is 0 Å². The average Bonchev–Trinajstić information content (AvgIpc) is 2.85. The van der Waals surface area contributed by atoms with Gasteiger partial charge in [0.25, 0.3) is 10.0 Å². The van der Waals surface area contributed by atoms with Crippen molar-refractivity contribution < 1.29 is 13.5 Å². The van der Waals surface area contributed by atoms with E-state index in [9.17, 15) is 13.5 Å². The minimum absolute atomic E-state index is 0.00778. The summed E-state index contributed by atoms with van der Waals surface area (Å²) in [6, 6.07) is 3.34. The van der Waals surface area contributed by atoms with E-state index in [1.807, 2.05) is 0 Å². The van der Waals surface area contributed by atoms with Crippen molar-refractivity contribution in [3.8, 4) is 0 Å². The zero-order valence-corrected chi connectivity index (χ0v) is 12.7. The molecule has 1 aromatic heterocycles. The fourth-order valence-corrected chi connectivity index (χ4v) is 3.97. The summed E-state index contributed by atoms with van der Waals surface area (Å²) in [5.41, 5.74) is -0.450. The molecule has 1 fully saturated rings. The van der Waals surface area contributed by atoms with Crippen molar-refractivity contribution >= 4 is 15.7 Å². The molecule has 1 heterocycles. The number of anilines is 1. The van der Waals surface area contributed by atoms with Crippen LogP contribution < -0.4 is 5.32 Å². The minimum atomic E-state index is -3.71. The van der Waals surface area contributed by atoms with Crippen LogP contribution in [0.5, 0.6) is 0 Å². The fraction of sp³-hybridized carbons (Fsp3) is 0.615. The van der Waals surface area contributed by atoms with Crippen molar-refractivity contribution in [2.24, 2.45) is 0 Å². The Hall–Kier alpha value is -1.18.